The van der Waals surface area contributed by atoms with Gasteiger partial charge in [0.1, 0.15) is 11.4 Å². The lowest BCUT2D eigenvalue weighted by Gasteiger charge is -2.35. The number of allylic oxidation sites excluding steroid dienone is 1. The molecular weight excluding hydrogens is 408 g/mol. The normalized spacial score (nSPS) is 25.4. The fourth-order valence-corrected chi connectivity index (χ4v) is 4.69. The van der Waals surface area contributed by atoms with E-state index in [2.05, 4.69) is 11.9 Å². The van der Waals surface area contributed by atoms with Gasteiger partial charge in [0.2, 0.25) is 11.3 Å². The van der Waals surface area contributed by atoms with E-state index >= 15 is 0 Å². The first kappa shape index (κ1) is 20.6. The van der Waals surface area contributed by atoms with Crippen molar-refractivity contribution in [1.82, 2.24) is 5.32 Å². The molecule has 7 heteroatoms. The molecule has 0 aromatic heterocycles. The van der Waals surface area contributed by atoms with E-state index in [1.54, 1.807) is 51.1 Å². The number of rotatable bonds is 3. The highest BCUT2D eigenvalue weighted by Crippen LogP contribution is 2.59. The standard InChI is InChI=1S/C25H26N2O5/c1-13(14-8-9-14)15-10-11-16-19(12-15)31-25(30)17-6-5-7-18(26)20(17)21(28)24(16,25)27-22(29)32-23(2,3)4/h5-7,10-12,14,30H,1,8-9,26H2,2-4H3,(H,27,29). The van der Waals surface area contributed by atoms with Gasteiger partial charge in [-0.3, -0.25) is 10.1 Å². The summed E-state index contributed by atoms with van der Waals surface area (Å²) in [5.41, 5.74) is 6.11. The maximum absolute atomic E-state index is 13.8. The van der Waals surface area contributed by atoms with Crippen LogP contribution in [0, 0.1) is 5.92 Å². The lowest BCUT2D eigenvalue weighted by atomic mass is 9.82. The third-order valence-corrected chi connectivity index (χ3v) is 6.31. The summed E-state index contributed by atoms with van der Waals surface area (Å²) in [5.74, 6) is -1.98. The molecule has 5 rings (SSSR count). The first-order valence-corrected chi connectivity index (χ1v) is 10.7. The van der Waals surface area contributed by atoms with Crippen molar-refractivity contribution in [3.8, 4) is 5.75 Å². The summed E-state index contributed by atoms with van der Waals surface area (Å²) in [6.07, 6.45) is 1.34. The van der Waals surface area contributed by atoms with Crippen LogP contribution < -0.4 is 15.8 Å². The van der Waals surface area contributed by atoms with Crippen molar-refractivity contribution in [2.75, 3.05) is 5.73 Å². The number of nitrogens with two attached hydrogens (primary N) is 1. The number of aliphatic hydroxyl groups is 1. The minimum Gasteiger partial charge on any atom is -0.454 e. The maximum atomic E-state index is 13.8. The second-order valence-corrected chi connectivity index (χ2v) is 9.73. The number of anilines is 1. The average molecular weight is 434 g/mol. The Bertz CT molecular complexity index is 1190. The number of fused-ring (bicyclic) bond motifs is 5. The average Bonchev–Trinajstić information content (AvgIpc) is 3.48. The molecule has 2 atom stereocenters. The van der Waals surface area contributed by atoms with Crippen LogP contribution in [0.2, 0.25) is 0 Å². The molecule has 3 aliphatic rings. The Morgan fingerprint density at radius 3 is 2.62 bits per heavy atom. The van der Waals surface area contributed by atoms with Gasteiger partial charge >= 0.3 is 6.09 Å². The molecule has 0 radical (unpaired) electrons. The number of carbonyl (C=O) groups is 2. The number of Topliss-reactive ketones (excluding diaryl/α,β-unsaturated/α-hetero) is 1. The first-order chi connectivity index (χ1) is 15.0. The van der Waals surface area contributed by atoms with Crippen LogP contribution in [0.15, 0.2) is 43.0 Å². The molecule has 1 fully saturated rings. The van der Waals surface area contributed by atoms with Crippen molar-refractivity contribution in [1.29, 1.82) is 0 Å². The molecule has 0 bridgehead atoms. The van der Waals surface area contributed by atoms with E-state index in [0.717, 1.165) is 24.0 Å². The molecule has 1 heterocycles. The van der Waals surface area contributed by atoms with Crippen LogP contribution in [-0.2, 0) is 16.1 Å². The van der Waals surface area contributed by atoms with Crippen molar-refractivity contribution in [3.63, 3.8) is 0 Å². The van der Waals surface area contributed by atoms with Gasteiger partial charge in [0.15, 0.2) is 0 Å². The summed E-state index contributed by atoms with van der Waals surface area (Å²) in [7, 11) is 0. The number of amides is 1. The number of alkyl carbamates (subject to hydrolysis) is 1. The second-order valence-electron chi connectivity index (χ2n) is 9.73. The van der Waals surface area contributed by atoms with Crippen LogP contribution in [0.1, 0.15) is 60.7 Å². The van der Waals surface area contributed by atoms with Crippen molar-refractivity contribution in [2.24, 2.45) is 5.92 Å². The molecule has 2 aliphatic carbocycles. The van der Waals surface area contributed by atoms with Crippen LogP contribution in [-0.4, -0.2) is 22.6 Å². The number of hydrogen-bond donors (Lipinski definition) is 3. The van der Waals surface area contributed by atoms with Crippen molar-refractivity contribution >= 4 is 23.1 Å². The molecule has 166 valence electrons. The second kappa shape index (κ2) is 6.36. The van der Waals surface area contributed by atoms with Gasteiger partial charge in [-0.1, -0.05) is 30.8 Å². The zero-order valence-corrected chi connectivity index (χ0v) is 18.3. The van der Waals surface area contributed by atoms with Crippen LogP contribution in [0.3, 0.4) is 0 Å². The summed E-state index contributed by atoms with van der Waals surface area (Å²) in [4.78, 5) is 26.7. The Balaban J connectivity index is 1.67. The van der Waals surface area contributed by atoms with Gasteiger partial charge in [0.25, 0.3) is 5.79 Å². The number of benzene rings is 2. The first-order valence-electron chi connectivity index (χ1n) is 10.7. The van der Waals surface area contributed by atoms with E-state index in [4.69, 9.17) is 15.2 Å². The largest absolute Gasteiger partial charge is 0.454 e. The Morgan fingerprint density at radius 2 is 1.97 bits per heavy atom. The van der Waals surface area contributed by atoms with E-state index in [1.165, 1.54) is 0 Å². The predicted octanol–water partition coefficient (Wildman–Crippen LogP) is 3.85. The van der Waals surface area contributed by atoms with Crippen LogP contribution >= 0.6 is 0 Å². The zero-order chi connectivity index (χ0) is 23.1. The lowest BCUT2D eigenvalue weighted by Crippen LogP contribution is -2.60. The summed E-state index contributed by atoms with van der Waals surface area (Å²) in [6, 6.07) is 10.1. The Morgan fingerprint density at radius 1 is 1.25 bits per heavy atom. The maximum Gasteiger partial charge on any atom is 0.408 e. The van der Waals surface area contributed by atoms with Crippen molar-refractivity contribution in [2.45, 2.75) is 50.5 Å². The van der Waals surface area contributed by atoms with E-state index < -0.39 is 28.8 Å². The van der Waals surface area contributed by atoms with Gasteiger partial charge in [0.05, 0.1) is 5.56 Å². The molecule has 32 heavy (non-hydrogen) atoms. The third-order valence-electron chi connectivity index (χ3n) is 6.31. The van der Waals surface area contributed by atoms with Crippen molar-refractivity contribution in [3.05, 3.63) is 65.2 Å². The summed E-state index contributed by atoms with van der Waals surface area (Å²) < 4.78 is 11.5. The highest BCUT2D eigenvalue weighted by molar-refractivity contribution is 6.15. The number of ether oxygens (including phenoxy) is 2. The minimum atomic E-state index is -2.17. The minimum absolute atomic E-state index is 0.128. The zero-order valence-electron chi connectivity index (χ0n) is 18.3. The lowest BCUT2D eigenvalue weighted by molar-refractivity contribution is -0.170. The number of carbonyl (C=O) groups excluding carboxylic acids is 2. The molecule has 1 aliphatic heterocycles. The fraction of sp³-hybridized carbons (Fsp3) is 0.360. The molecule has 0 saturated heterocycles. The fourth-order valence-electron chi connectivity index (χ4n) is 4.69. The van der Waals surface area contributed by atoms with Crippen LogP contribution in [0.25, 0.3) is 5.57 Å². The molecule has 4 N–H and O–H groups in total. The van der Waals surface area contributed by atoms with Crippen LogP contribution in [0.5, 0.6) is 5.75 Å². The molecule has 1 amide bonds. The molecular formula is C25H26N2O5. The summed E-state index contributed by atoms with van der Waals surface area (Å²) >= 11 is 0. The van der Waals surface area contributed by atoms with Gasteiger partial charge in [-0.2, -0.15) is 0 Å². The smallest absolute Gasteiger partial charge is 0.408 e. The van der Waals surface area contributed by atoms with Gasteiger partial charge in [0, 0.05) is 16.8 Å². The molecule has 0 spiro atoms. The Kier molecular flexibility index (Phi) is 4.09. The molecule has 2 aromatic carbocycles. The molecule has 7 nitrogen and oxygen atoms in total. The molecule has 2 aromatic rings. The monoisotopic (exact) mass is 434 g/mol. The predicted molar refractivity (Wildman–Crippen MR) is 119 cm³/mol. The number of nitrogen functional groups attached to an aromatic ring is 1. The summed E-state index contributed by atoms with van der Waals surface area (Å²) in [5, 5.41) is 14.5. The number of nitrogens with one attached hydrogen (secondary N) is 1. The summed E-state index contributed by atoms with van der Waals surface area (Å²) in [6.45, 7) is 9.33. The van der Waals surface area contributed by atoms with E-state index in [0.29, 0.717) is 17.2 Å². The SMILES string of the molecule is C=C(c1ccc2c(c1)OC1(O)c3cccc(N)c3C(=O)C21NC(=O)OC(C)(C)C)C1CC1. The van der Waals surface area contributed by atoms with E-state index in [1.807, 2.05) is 6.07 Å². The molecule has 1 saturated carbocycles. The molecule has 2 unspecified atom stereocenters. The van der Waals surface area contributed by atoms with Crippen molar-refractivity contribution < 1.29 is 24.2 Å². The van der Waals surface area contributed by atoms with Gasteiger partial charge in [-0.15, -0.1) is 0 Å². The number of ketones is 1. The van der Waals surface area contributed by atoms with Crippen LogP contribution in [0.4, 0.5) is 10.5 Å². The quantitative estimate of drug-likeness (QED) is 0.633. The Hall–Kier alpha value is -3.32. The van der Waals surface area contributed by atoms with E-state index in [9.17, 15) is 14.7 Å². The highest BCUT2D eigenvalue weighted by atomic mass is 16.6. The highest BCUT2D eigenvalue weighted by Gasteiger charge is 2.72. The number of hydrogen-bond acceptors (Lipinski definition) is 6. The third kappa shape index (κ3) is 2.70. The Labute approximate surface area is 186 Å². The van der Waals surface area contributed by atoms with Gasteiger partial charge < -0.3 is 20.3 Å². The van der Waals surface area contributed by atoms with Gasteiger partial charge in [-0.25, -0.2) is 4.79 Å². The van der Waals surface area contributed by atoms with E-state index in [-0.39, 0.29) is 16.8 Å². The van der Waals surface area contributed by atoms with Gasteiger partial charge in [-0.05, 0) is 62.8 Å². The topological polar surface area (TPSA) is 111 Å².